The van der Waals surface area contributed by atoms with Crippen LogP contribution in [0.5, 0.6) is 5.75 Å². The van der Waals surface area contributed by atoms with Gasteiger partial charge >= 0.3 is 0 Å². The van der Waals surface area contributed by atoms with Crippen LogP contribution in [-0.2, 0) is 6.61 Å². The van der Waals surface area contributed by atoms with Crippen molar-refractivity contribution in [2.24, 2.45) is 0 Å². The van der Waals surface area contributed by atoms with Crippen LogP contribution in [0.3, 0.4) is 0 Å². The Hall–Kier alpha value is -2.90. The minimum Gasteiger partial charge on any atom is -0.488 e. The second kappa shape index (κ2) is 8.66. The first kappa shape index (κ1) is 18.9. The van der Waals surface area contributed by atoms with Crippen LogP contribution in [0.15, 0.2) is 71.2 Å². The summed E-state index contributed by atoms with van der Waals surface area (Å²) in [5, 5.41) is 9.48. The first-order valence-electron chi connectivity index (χ1n) is 8.41. The zero-order valence-corrected chi connectivity index (χ0v) is 16.3. The summed E-state index contributed by atoms with van der Waals surface area (Å²) < 4.78 is 19.5. The fourth-order valence-electron chi connectivity index (χ4n) is 2.55. The third kappa shape index (κ3) is 5.06. The van der Waals surface area contributed by atoms with Crippen molar-refractivity contribution in [3.05, 3.63) is 99.3 Å². The largest absolute Gasteiger partial charge is 0.488 e. The van der Waals surface area contributed by atoms with E-state index in [2.05, 4.69) is 22.0 Å². The topological polar surface area (TPSA) is 33.0 Å². The fourth-order valence-corrected chi connectivity index (χ4v) is 3.06. The number of hydrogen-bond acceptors (Lipinski definition) is 2. The van der Waals surface area contributed by atoms with Crippen molar-refractivity contribution >= 4 is 27.6 Å². The van der Waals surface area contributed by atoms with Crippen LogP contribution in [0.2, 0.25) is 0 Å². The van der Waals surface area contributed by atoms with E-state index in [0.29, 0.717) is 17.9 Å². The molecule has 0 aliphatic heterocycles. The Bertz CT molecular complexity index is 1000. The molecular formula is C23H17BrFNO. The average Bonchev–Trinajstić information content (AvgIpc) is 2.67. The summed E-state index contributed by atoms with van der Waals surface area (Å²) in [5.41, 5.74) is 4.42. The third-order valence-electron chi connectivity index (χ3n) is 4.06. The Morgan fingerprint density at radius 3 is 2.41 bits per heavy atom. The van der Waals surface area contributed by atoms with Crippen LogP contribution < -0.4 is 4.74 Å². The lowest BCUT2D eigenvalue weighted by Gasteiger charge is -2.09. The molecule has 0 amide bonds. The van der Waals surface area contributed by atoms with Crippen LogP contribution in [0.25, 0.3) is 11.6 Å². The van der Waals surface area contributed by atoms with Crippen molar-refractivity contribution in [1.82, 2.24) is 0 Å². The van der Waals surface area contributed by atoms with Crippen molar-refractivity contribution in [2.75, 3.05) is 0 Å². The SMILES string of the molecule is Cc1ccc(/C(C#N)=C\c2ccc(OCc3ccc(F)cc3)c(Br)c2)cc1. The van der Waals surface area contributed by atoms with E-state index in [1.807, 2.05) is 55.5 Å². The normalized spacial score (nSPS) is 11.1. The van der Waals surface area contributed by atoms with E-state index in [0.717, 1.165) is 26.7 Å². The van der Waals surface area contributed by atoms with E-state index >= 15 is 0 Å². The van der Waals surface area contributed by atoms with Gasteiger partial charge in [-0.1, -0.05) is 48.0 Å². The molecule has 0 aromatic heterocycles. The number of rotatable bonds is 5. The first-order valence-corrected chi connectivity index (χ1v) is 9.20. The number of benzene rings is 3. The van der Waals surface area contributed by atoms with Gasteiger partial charge in [0.15, 0.2) is 0 Å². The van der Waals surface area contributed by atoms with E-state index in [-0.39, 0.29) is 5.82 Å². The highest BCUT2D eigenvalue weighted by atomic mass is 79.9. The second-order valence-corrected chi connectivity index (χ2v) is 7.00. The monoisotopic (exact) mass is 421 g/mol. The Labute approximate surface area is 166 Å². The number of hydrogen-bond donors (Lipinski definition) is 0. The summed E-state index contributed by atoms with van der Waals surface area (Å²) in [6.07, 6.45) is 1.85. The molecule has 3 rings (SSSR count). The van der Waals surface area contributed by atoms with Crippen molar-refractivity contribution in [3.8, 4) is 11.8 Å². The lowest BCUT2D eigenvalue weighted by Crippen LogP contribution is -1.96. The van der Waals surface area contributed by atoms with Gasteiger partial charge in [0.1, 0.15) is 18.2 Å². The summed E-state index contributed by atoms with van der Waals surface area (Å²) >= 11 is 3.51. The number of nitrogens with zero attached hydrogens (tertiary/aromatic N) is 1. The molecule has 0 saturated heterocycles. The quantitative estimate of drug-likeness (QED) is 0.346. The smallest absolute Gasteiger partial charge is 0.134 e. The van der Waals surface area contributed by atoms with Gasteiger partial charge in [0.25, 0.3) is 0 Å². The lowest BCUT2D eigenvalue weighted by atomic mass is 10.0. The Morgan fingerprint density at radius 2 is 1.78 bits per heavy atom. The van der Waals surface area contributed by atoms with Crippen LogP contribution in [0, 0.1) is 24.1 Å². The number of ether oxygens (including phenoxy) is 1. The van der Waals surface area contributed by atoms with Crippen LogP contribution in [0.4, 0.5) is 4.39 Å². The maximum absolute atomic E-state index is 13.0. The lowest BCUT2D eigenvalue weighted by molar-refractivity contribution is 0.304. The van der Waals surface area contributed by atoms with E-state index in [1.54, 1.807) is 12.1 Å². The molecule has 3 aromatic rings. The molecule has 0 heterocycles. The minimum absolute atomic E-state index is 0.266. The number of halogens is 2. The Morgan fingerprint density at radius 1 is 1.07 bits per heavy atom. The van der Waals surface area contributed by atoms with Gasteiger partial charge in [-0.3, -0.25) is 0 Å². The van der Waals surface area contributed by atoms with Gasteiger partial charge in [0, 0.05) is 0 Å². The predicted molar refractivity (Wildman–Crippen MR) is 110 cm³/mol. The Kier molecular flexibility index (Phi) is 6.05. The maximum Gasteiger partial charge on any atom is 0.134 e. The standard InChI is InChI=1S/C23H17BrFNO/c1-16-2-7-19(8-3-16)20(14-26)12-18-6-11-23(22(24)13-18)27-15-17-4-9-21(25)10-5-17/h2-13H,15H2,1H3/b20-12-. The highest BCUT2D eigenvalue weighted by Crippen LogP contribution is 2.29. The van der Waals surface area contributed by atoms with Crippen molar-refractivity contribution in [3.63, 3.8) is 0 Å². The summed E-state index contributed by atoms with van der Waals surface area (Å²) in [7, 11) is 0. The molecule has 0 aliphatic carbocycles. The van der Waals surface area contributed by atoms with Gasteiger partial charge < -0.3 is 4.74 Å². The molecule has 0 fully saturated rings. The molecule has 0 atom stereocenters. The van der Waals surface area contributed by atoms with E-state index in [9.17, 15) is 9.65 Å². The van der Waals surface area contributed by atoms with Crippen LogP contribution in [0.1, 0.15) is 22.3 Å². The molecule has 0 bridgehead atoms. The molecule has 0 N–H and O–H groups in total. The van der Waals surface area contributed by atoms with Crippen molar-refractivity contribution < 1.29 is 9.13 Å². The molecule has 0 radical (unpaired) electrons. The zero-order valence-electron chi connectivity index (χ0n) is 14.7. The van der Waals surface area contributed by atoms with Crippen LogP contribution >= 0.6 is 15.9 Å². The second-order valence-electron chi connectivity index (χ2n) is 6.14. The molecule has 0 saturated carbocycles. The number of nitriles is 1. The molecule has 3 aromatic carbocycles. The summed E-state index contributed by atoms with van der Waals surface area (Å²) in [6.45, 7) is 2.36. The van der Waals surface area contributed by atoms with E-state index in [4.69, 9.17) is 4.74 Å². The molecular weight excluding hydrogens is 405 g/mol. The maximum atomic E-state index is 13.0. The number of aryl methyl sites for hydroxylation is 1. The highest BCUT2D eigenvalue weighted by molar-refractivity contribution is 9.10. The molecule has 0 unspecified atom stereocenters. The highest BCUT2D eigenvalue weighted by Gasteiger charge is 2.05. The zero-order chi connectivity index (χ0) is 19.2. The van der Waals surface area contributed by atoms with Crippen molar-refractivity contribution in [1.29, 1.82) is 5.26 Å². The number of allylic oxidation sites excluding steroid dienone is 1. The molecule has 2 nitrogen and oxygen atoms in total. The van der Waals surface area contributed by atoms with Gasteiger partial charge in [-0.05, 0) is 69.9 Å². The molecule has 0 aliphatic rings. The molecule has 0 spiro atoms. The van der Waals surface area contributed by atoms with Crippen LogP contribution in [-0.4, -0.2) is 0 Å². The first-order chi connectivity index (χ1) is 13.0. The van der Waals surface area contributed by atoms with Gasteiger partial charge in [0.05, 0.1) is 16.1 Å². The average molecular weight is 422 g/mol. The molecule has 134 valence electrons. The summed E-state index contributed by atoms with van der Waals surface area (Å²) in [6, 6.07) is 22.0. The third-order valence-corrected chi connectivity index (χ3v) is 4.68. The van der Waals surface area contributed by atoms with Crippen molar-refractivity contribution in [2.45, 2.75) is 13.5 Å². The van der Waals surface area contributed by atoms with Gasteiger partial charge in [-0.2, -0.15) is 5.26 Å². The predicted octanol–water partition coefficient (Wildman–Crippen LogP) is 6.54. The van der Waals surface area contributed by atoms with Gasteiger partial charge in [-0.15, -0.1) is 0 Å². The molecule has 4 heteroatoms. The van der Waals surface area contributed by atoms with Gasteiger partial charge in [-0.25, -0.2) is 4.39 Å². The molecule has 27 heavy (non-hydrogen) atoms. The summed E-state index contributed by atoms with van der Waals surface area (Å²) in [5.74, 6) is 0.420. The van der Waals surface area contributed by atoms with E-state index in [1.165, 1.54) is 12.1 Å². The van der Waals surface area contributed by atoms with Gasteiger partial charge in [0.2, 0.25) is 0 Å². The fraction of sp³-hybridized carbons (Fsp3) is 0.0870. The Balaban J connectivity index is 1.76. The van der Waals surface area contributed by atoms with E-state index < -0.39 is 0 Å². The minimum atomic E-state index is -0.266. The summed E-state index contributed by atoms with van der Waals surface area (Å²) in [4.78, 5) is 0.